The molecule has 1 amide bonds. The summed E-state index contributed by atoms with van der Waals surface area (Å²) in [4.78, 5) is 14.0. The van der Waals surface area contributed by atoms with Crippen molar-refractivity contribution in [1.29, 1.82) is 0 Å². The van der Waals surface area contributed by atoms with Crippen molar-refractivity contribution < 1.29 is 9.90 Å². The van der Waals surface area contributed by atoms with E-state index in [-0.39, 0.29) is 12.5 Å². The van der Waals surface area contributed by atoms with Gasteiger partial charge in [0.05, 0.1) is 6.61 Å². The van der Waals surface area contributed by atoms with Crippen LogP contribution in [-0.4, -0.2) is 31.2 Å². The number of rotatable bonds is 5. The van der Waals surface area contributed by atoms with E-state index in [1.807, 2.05) is 36.2 Å². The zero-order valence-electron chi connectivity index (χ0n) is 11.7. The number of hydrogen-bond donors (Lipinski definition) is 2. The summed E-state index contributed by atoms with van der Waals surface area (Å²) in [7, 11) is 1.90. The standard InChI is InChI=1S/C16H17ClN2O2/c1-19(10-11-20)15-8-6-14(7-9-15)18-16(21)12-2-4-13(17)5-3-12/h2-9,20H,10-11H2,1H3,(H,18,21). The molecule has 0 heterocycles. The van der Waals surface area contributed by atoms with Gasteiger partial charge in [0.25, 0.3) is 5.91 Å². The first-order valence-corrected chi connectivity index (χ1v) is 6.97. The lowest BCUT2D eigenvalue weighted by Crippen LogP contribution is -2.21. The summed E-state index contributed by atoms with van der Waals surface area (Å²) in [5.74, 6) is -0.178. The van der Waals surface area contributed by atoms with E-state index in [0.29, 0.717) is 17.1 Å². The number of benzene rings is 2. The van der Waals surface area contributed by atoms with Crippen LogP contribution in [0.4, 0.5) is 11.4 Å². The predicted molar refractivity (Wildman–Crippen MR) is 86.2 cm³/mol. The van der Waals surface area contributed by atoms with Gasteiger partial charge in [-0.25, -0.2) is 0 Å². The van der Waals surface area contributed by atoms with Gasteiger partial charge < -0.3 is 15.3 Å². The predicted octanol–water partition coefficient (Wildman–Crippen LogP) is 3.02. The number of carbonyl (C=O) groups excluding carboxylic acids is 1. The summed E-state index contributed by atoms with van der Waals surface area (Å²) in [5, 5.41) is 12.3. The van der Waals surface area contributed by atoms with Crippen molar-refractivity contribution in [3.05, 3.63) is 59.1 Å². The van der Waals surface area contributed by atoms with Crippen LogP contribution < -0.4 is 10.2 Å². The zero-order valence-corrected chi connectivity index (χ0v) is 12.5. The lowest BCUT2D eigenvalue weighted by molar-refractivity contribution is 0.102. The molecule has 5 heteroatoms. The summed E-state index contributed by atoms with van der Waals surface area (Å²) in [5.41, 5.74) is 2.26. The van der Waals surface area contributed by atoms with Crippen molar-refractivity contribution in [2.24, 2.45) is 0 Å². The van der Waals surface area contributed by atoms with Gasteiger partial charge in [-0.2, -0.15) is 0 Å². The molecule has 2 N–H and O–H groups in total. The molecule has 21 heavy (non-hydrogen) atoms. The van der Waals surface area contributed by atoms with Gasteiger partial charge in [0.1, 0.15) is 0 Å². The fourth-order valence-electron chi connectivity index (χ4n) is 1.88. The minimum atomic E-state index is -0.178. The average molecular weight is 305 g/mol. The first-order valence-electron chi connectivity index (χ1n) is 6.59. The van der Waals surface area contributed by atoms with Crippen molar-refractivity contribution in [2.45, 2.75) is 0 Å². The maximum Gasteiger partial charge on any atom is 0.255 e. The van der Waals surface area contributed by atoms with E-state index in [2.05, 4.69) is 5.32 Å². The van der Waals surface area contributed by atoms with Gasteiger partial charge in [-0.15, -0.1) is 0 Å². The molecule has 0 saturated carbocycles. The van der Waals surface area contributed by atoms with E-state index < -0.39 is 0 Å². The third-order valence-corrected chi connectivity index (χ3v) is 3.36. The Morgan fingerprint density at radius 3 is 2.33 bits per heavy atom. The average Bonchev–Trinajstić information content (AvgIpc) is 2.49. The fourth-order valence-corrected chi connectivity index (χ4v) is 2.01. The number of amides is 1. The van der Waals surface area contributed by atoms with Crippen LogP contribution in [0.3, 0.4) is 0 Å². The molecule has 0 unspecified atom stereocenters. The van der Waals surface area contributed by atoms with Gasteiger partial charge in [0.15, 0.2) is 0 Å². The van der Waals surface area contributed by atoms with Crippen molar-refractivity contribution in [1.82, 2.24) is 0 Å². The molecule has 0 aromatic heterocycles. The van der Waals surface area contributed by atoms with Gasteiger partial charge in [-0.05, 0) is 48.5 Å². The van der Waals surface area contributed by atoms with Crippen LogP contribution in [0.5, 0.6) is 0 Å². The molecule has 4 nitrogen and oxygen atoms in total. The lowest BCUT2D eigenvalue weighted by atomic mass is 10.2. The maximum atomic E-state index is 12.0. The minimum Gasteiger partial charge on any atom is -0.395 e. The molecule has 2 rings (SSSR count). The molecule has 110 valence electrons. The Kier molecular flexibility index (Phi) is 5.20. The van der Waals surface area contributed by atoms with Crippen LogP contribution in [0.1, 0.15) is 10.4 Å². The van der Waals surface area contributed by atoms with Gasteiger partial charge in [0, 0.05) is 35.6 Å². The van der Waals surface area contributed by atoms with Crippen LogP contribution in [0.25, 0.3) is 0 Å². The van der Waals surface area contributed by atoms with Gasteiger partial charge >= 0.3 is 0 Å². The number of aliphatic hydroxyl groups is 1. The topological polar surface area (TPSA) is 52.6 Å². The molecule has 0 atom stereocenters. The van der Waals surface area contributed by atoms with Gasteiger partial charge in [-0.3, -0.25) is 4.79 Å². The minimum absolute atomic E-state index is 0.103. The molecular formula is C16H17ClN2O2. The molecule has 0 spiro atoms. The van der Waals surface area contributed by atoms with E-state index in [1.54, 1.807) is 24.3 Å². The molecule has 0 saturated heterocycles. The highest BCUT2D eigenvalue weighted by Crippen LogP contribution is 2.17. The fraction of sp³-hybridized carbons (Fsp3) is 0.188. The van der Waals surface area contributed by atoms with Crippen LogP contribution >= 0.6 is 11.6 Å². The third kappa shape index (κ3) is 4.21. The molecule has 0 fully saturated rings. The maximum absolute atomic E-state index is 12.0. The van der Waals surface area contributed by atoms with E-state index in [1.165, 1.54) is 0 Å². The molecule has 2 aromatic carbocycles. The smallest absolute Gasteiger partial charge is 0.255 e. The van der Waals surface area contributed by atoms with E-state index in [0.717, 1.165) is 11.4 Å². The Morgan fingerprint density at radius 1 is 1.14 bits per heavy atom. The monoisotopic (exact) mass is 304 g/mol. The second-order valence-corrected chi connectivity index (χ2v) is 5.09. The Hall–Kier alpha value is -2.04. The molecule has 0 aliphatic carbocycles. The van der Waals surface area contributed by atoms with E-state index in [9.17, 15) is 4.79 Å². The number of aliphatic hydroxyl groups excluding tert-OH is 1. The quantitative estimate of drug-likeness (QED) is 0.893. The highest BCUT2D eigenvalue weighted by molar-refractivity contribution is 6.30. The van der Waals surface area contributed by atoms with Crippen LogP contribution in [0.15, 0.2) is 48.5 Å². The van der Waals surface area contributed by atoms with Gasteiger partial charge in [0.2, 0.25) is 0 Å². The van der Waals surface area contributed by atoms with Gasteiger partial charge in [-0.1, -0.05) is 11.6 Å². The number of nitrogens with one attached hydrogen (secondary N) is 1. The molecule has 0 radical (unpaired) electrons. The van der Waals surface area contributed by atoms with Crippen molar-refractivity contribution in [3.8, 4) is 0 Å². The number of hydrogen-bond acceptors (Lipinski definition) is 3. The normalized spacial score (nSPS) is 10.2. The molecule has 0 bridgehead atoms. The second kappa shape index (κ2) is 7.11. The number of halogens is 1. The highest BCUT2D eigenvalue weighted by atomic mass is 35.5. The van der Waals surface area contributed by atoms with Crippen LogP contribution in [0, 0.1) is 0 Å². The first kappa shape index (κ1) is 15.4. The summed E-state index contributed by atoms with van der Waals surface area (Å²) in [6, 6.07) is 14.2. The number of anilines is 2. The molecular weight excluding hydrogens is 288 g/mol. The zero-order chi connectivity index (χ0) is 15.2. The molecule has 2 aromatic rings. The SMILES string of the molecule is CN(CCO)c1ccc(NC(=O)c2ccc(Cl)cc2)cc1. The number of carbonyl (C=O) groups is 1. The van der Waals surface area contributed by atoms with Crippen LogP contribution in [0.2, 0.25) is 5.02 Å². The molecule has 0 aliphatic rings. The number of likely N-dealkylation sites (N-methyl/N-ethyl adjacent to an activating group) is 1. The summed E-state index contributed by atoms with van der Waals surface area (Å²) >= 11 is 5.80. The summed E-state index contributed by atoms with van der Waals surface area (Å²) in [6.07, 6.45) is 0. The summed E-state index contributed by atoms with van der Waals surface area (Å²) < 4.78 is 0. The highest BCUT2D eigenvalue weighted by Gasteiger charge is 2.06. The Bertz CT molecular complexity index is 597. The largest absolute Gasteiger partial charge is 0.395 e. The third-order valence-electron chi connectivity index (χ3n) is 3.11. The van der Waals surface area contributed by atoms with E-state index in [4.69, 9.17) is 16.7 Å². The molecule has 0 aliphatic heterocycles. The second-order valence-electron chi connectivity index (χ2n) is 4.65. The lowest BCUT2D eigenvalue weighted by Gasteiger charge is -2.18. The first-order chi connectivity index (χ1) is 10.1. The van der Waals surface area contributed by atoms with Crippen molar-refractivity contribution in [2.75, 3.05) is 30.4 Å². The Labute approximate surface area is 129 Å². The Balaban J connectivity index is 2.03. The summed E-state index contributed by atoms with van der Waals surface area (Å²) in [6.45, 7) is 0.669. The van der Waals surface area contributed by atoms with Crippen molar-refractivity contribution >= 4 is 28.9 Å². The Morgan fingerprint density at radius 2 is 1.76 bits per heavy atom. The van der Waals surface area contributed by atoms with Crippen LogP contribution in [-0.2, 0) is 0 Å². The van der Waals surface area contributed by atoms with Crippen molar-refractivity contribution in [3.63, 3.8) is 0 Å². The van der Waals surface area contributed by atoms with E-state index >= 15 is 0 Å². The number of nitrogens with zero attached hydrogens (tertiary/aromatic N) is 1.